The summed E-state index contributed by atoms with van der Waals surface area (Å²) >= 11 is 11.7. The normalized spacial score (nSPS) is 14.1. The lowest BCUT2D eigenvalue weighted by Gasteiger charge is -2.07. The quantitative estimate of drug-likeness (QED) is 0.388. The molecule has 0 amide bonds. The number of carbonyl (C=O) groups excluding carboxylic acids is 2. The van der Waals surface area contributed by atoms with Crippen LogP contribution in [-0.2, 0) is 14.3 Å². The highest BCUT2D eigenvalue weighted by Gasteiger charge is 2.13. The van der Waals surface area contributed by atoms with E-state index in [0.29, 0.717) is 12.8 Å². The van der Waals surface area contributed by atoms with Crippen molar-refractivity contribution in [2.75, 3.05) is 0 Å². The Hall–Kier alpha value is -0.280. The van der Waals surface area contributed by atoms with E-state index in [4.69, 9.17) is 23.2 Å². The highest BCUT2D eigenvalue weighted by atomic mass is 35.5. The maximum Gasteiger partial charge on any atom is 0.313 e. The van der Waals surface area contributed by atoms with Gasteiger partial charge in [0.1, 0.15) is 0 Å². The maximum absolute atomic E-state index is 11.3. The number of hydrogen-bond donors (Lipinski definition) is 0. The molecule has 17 heavy (non-hydrogen) atoms. The summed E-state index contributed by atoms with van der Waals surface area (Å²) in [5.74, 6) is -1.01. The van der Waals surface area contributed by atoms with Gasteiger partial charge in [-0.25, -0.2) is 0 Å². The predicted octanol–water partition coefficient (Wildman–Crippen LogP) is 3.65. The fraction of sp³-hybridized carbons (Fsp3) is 0.833. The van der Waals surface area contributed by atoms with Crippen molar-refractivity contribution in [3.05, 3.63) is 0 Å². The highest BCUT2D eigenvalue weighted by Crippen LogP contribution is 2.12. The summed E-state index contributed by atoms with van der Waals surface area (Å²) in [4.78, 5) is 22.5. The minimum atomic E-state index is -0.503. The molecular formula is C12H20Cl2O3. The third-order valence-electron chi connectivity index (χ3n) is 2.44. The van der Waals surface area contributed by atoms with E-state index in [9.17, 15) is 9.59 Å². The van der Waals surface area contributed by atoms with Crippen LogP contribution in [0, 0.1) is 0 Å². The van der Waals surface area contributed by atoms with E-state index in [0.717, 1.165) is 12.8 Å². The molecule has 0 spiro atoms. The molecule has 0 aliphatic rings. The van der Waals surface area contributed by atoms with Crippen molar-refractivity contribution in [2.45, 2.75) is 63.1 Å². The number of alkyl halides is 2. The third kappa shape index (κ3) is 9.42. The predicted molar refractivity (Wildman–Crippen MR) is 69.4 cm³/mol. The van der Waals surface area contributed by atoms with E-state index in [1.54, 1.807) is 0 Å². The fourth-order valence-electron chi connectivity index (χ4n) is 1.19. The summed E-state index contributed by atoms with van der Waals surface area (Å²) in [7, 11) is 0. The highest BCUT2D eigenvalue weighted by molar-refractivity contribution is 6.20. The van der Waals surface area contributed by atoms with E-state index >= 15 is 0 Å². The topological polar surface area (TPSA) is 43.4 Å². The van der Waals surface area contributed by atoms with Gasteiger partial charge in [0.2, 0.25) is 0 Å². The second-order valence-corrected chi connectivity index (χ2v) is 5.17. The van der Waals surface area contributed by atoms with Crippen LogP contribution in [0.25, 0.3) is 0 Å². The molecule has 0 N–H and O–H groups in total. The molecule has 0 aliphatic carbocycles. The van der Waals surface area contributed by atoms with Crippen LogP contribution in [0.3, 0.4) is 0 Å². The van der Waals surface area contributed by atoms with Crippen molar-refractivity contribution in [3.63, 3.8) is 0 Å². The van der Waals surface area contributed by atoms with Crippen molar-refractivity contribution in [3.8, 4) is 0 Å². The molecule has 0 aliphatic heterocycles. The van der Waals surface area contributed by atoms with Gasteiger partial charge in [0.25, 0.3) is 0 Å². The van der Waals surface area contributed by atoms with Gasteiger partial charge >= 0.3 is 11.9 Å². The monoisotopic (exact) mass is 282 g/mol. The summed E-state index contributed by atoms with van der Waals surface area (Å²) < 4.78 is 4.65. The van der Waals surface area contributed by atoms with Gasteiger partial charge in [-0.2, -0.15) is 0 Å². The van der Waals surface area contributed by atoms with Crippen molar-refractivity contribution in [1.29, 1.82) is 0 Å². The van der Waals surface area contributed by atoms with Crippen molar-refractivity contribution in [2.24, 2.45) is 0 Å². The molecule has 0 aromatic rings. The Bertz CT molecular complexity index is 220. The number of carbonyl (C=O) groups is 2. The Morgan fingerprint density at radius 3 is 1.59 bits per heavy atom. The molecule has 3 nitrogen and oxygen atoms in total. The second-order valence-electron chi connectivity index (χ2n) is 3.93. The van der Waals surface area contributed by atoms with Crippen LogP contribution in [0.2, 0.25) is 0 Å². The van der Waals surface area contributed by atoms with Gasteiger partial charge in [0.15, 0.2) is 0 Å². The first kappa shape index (κ1) is 16.7. The number of hydrogen-bond acceptors (Lipinski definition) is 3. The Labute approximate surface area is 113 Å². The fourth-order valence-corrected chi connectivity index (χ4v) is 1.40. The van der Waals surface area contributed by atoms with Crippen molar-refractivity contribution in [1.82, 2.24) is 0 Å². The van der Waals surface area contributed by atoms with Crippen LogP contribution >= 0.6 is 23.2 Å². The zero-order valence-electron chi connectivity index (χ0n) is 10.4. The first-order valence-corrected chi connectivity index (χ1v) is 6.88. The van der Waals surface area contributed by atoms with Crippen LogP contribution in [0.15, 0.2) is 0 Å². The van der Waals surface area contributed by atoms with Crippen LogP contribution in [0.4, 0.5) is 0 Å². The van der Waals surface area contributed by atoms with E-state index in [-0.39, 0.29) is 23.6 Å². The first-order chi connectivity index (χ1) is 7.99. The average molecular weight is 283 g/mol. The SMILES string of the molecule is CCC(Cl)CCC(=O)OC(=O)CCC(Cl)CC. The van der Waals surface area contributed by atoms with Gasteiger partial charge in [-0.1, -0.05) is 13.8 Å². The van der Waals surface area contributed by atoms with Gasteiger partial charge in [0, 0.05) is 23.6 Å². The summed E-state index contributed by atoms with van der Waals surface area (Å²) in [5.41, 5.74) is 0. The van der Waals surface area contributed by atoms with Gasteiger partial charge in [0.05, 0.1) is 0 Å². The summed E-state index contributed by atoms with van der Waals surface area (Å²) in [6.07, 6.45) is 3.05. The minimum absolute atomic E-state index is 0.0371. The molecule has 100 valence electrons. The molecule has 0 aromatic carbocycles. The molecule has 0 saturated heterocycles. The largest absolute Gasteiger partial charge is 0.393 e. The molecule has 0 aromatic heterocycles. The molecule has 5 heteroatoms. The summed E-state index contributed by atoms with van der Waals surface area (Å²) in [5, 5.41) is -0.0741. The molecule has 0 saturated carbocycles. The van der Waals surface area contributed by atoms with E-state index in [1.165, 1.54) is 0 Å². The lowest BCUT2D eigenvalue weighted by atomic mass is 10.2. The summed E-state index contributed by atoms with van der Waals surface area (Å²) in [6, 6.07) is 0. The lowest BCUT2D eigenvalue weighted by molar-refractivity contribution is -0.159. The van der Waals surface area contributed by atoms with Gasteiger partial charge in [-0.05, 0) is 25.7 Å². The first-order valence-electron chi connectivity index (χ1n) is 6.01. The van der Waals surface area contributed by atoms with Gasteiger partial charge in [-0.3, -0.25) is 9.59 Å². The second kappa shape index (κ2) is 9.72. The number of rotatable bonds is 8. The van der Waals surface area contributed by atoms with Crippen LogP contribution in [0.5, 0.6) is 0 Å². The average Bonchev–Trinajstić information content (AvgIpc) is 2.32. The maximum atomic E-state index is 11.3. The van der Waals surface area contributed by atoms with Crippen molar-refractivity contribution < 1.29 is 14.3 Å². The van der Waals surface area contributed by atoms with Gasteiger partial charge in [-0.15, -0.1) is 23.2 Å². The smallest absolute Gasteiger partial charge is 0.313 e. The molecule has 0 rings (SSSR count). The number of ether oxygens (including phenoxy) is 1. The minimum Gasteiger partial charge on any atom is -0.393 e. The Morgan fingerprint density at radius 1 is 0.941 bits per heavy atom. The van der Waals surface area contributed by atoms with E-state index in [1.807, 2.05) is 13.8 Å². The number of esters is 2. The molecule has 0 heterocycles. The molecule has 0 bridgehead atoms. The molecule has 2 unspecified atom stereocenters. The third-order valence-corrected chi connectivity index (χ3v) is 3.49. The van der Waals surface area contributed by atoms with Crippen molar-refractivity contribution >= 4 is 35.1 Å². The molecule has 0 fully saturated rings. The van der Waals surface area contributed by atoms with E-state index < -0.39 is 11.9 Å². The number of halogens is 2. The molecule has 2 atom stereocenters. The summed E-state index contributed by atoms with van der Waals surface area (Å²) in [6.45, 7) is 3.89. The molecule has 0 radical (unpaired) electrons. The Balaban J connectivity index is 3.69. The van der Waals surface area contributed by atoms with Crippen LogP contribution in [-0.4, -0.2) is 22.7 Å². The van der Waals surface area contributed by atoms with Crippen LogP contribution in [0.1, 0.15) is 52.4 Å². The van der Waals surface area contributed by atoms with E-state index in [2.05, 4.69) is 4.74 Å². The standard InChI is InChI=1S/C12H20Cl2O3/c1-3-9(13)5-7-11(15)17-12(16)8-6-10(14)4-2/h9-10H,3-8H2,1-2H3. The van der Waals surface area contributed by atoms with Crippen LogP contribution < -0.4 is 0 Å². The lowest BCUT2D eigenvalue weighted by Crippen LogP contribution is -2.14. The zero-order valence-corrected chi connectivity index (χ0v) is 11.9. The zero-order chi connectivity index (χ0) is 13.3. The Kier molecular flexibility index (Phi) is 9.56. The molecular weight excluding hydrogens is 263 g/mol. The Morgan fingerprint density at radius 2 is 1.29 bits per heavy atom. The van der Waals surface area contributed by atoms with Gasteiger partial charge < -0.3 is 4.74 Å².